The summed E-state index contributed by atoms with van der Waals surface area (Å²) in [6.45, 7) is 2.25. The molecule has 0 unspecified atom stereocenters. The van der Waals surface area contributed by atoms with E-state index in [9.17, 15) is 4.79 Å². The van der Waals surface area contributed by atoms with Crippen molar-refractivity contribution in [2.45, 2.75) is 6.92 Å². The molecule has 1 aromatic rings. The molecule has 0 bridgehead atoms. The molecule has 0 saturated carbocycles. The van der Waals surface area contributed by atoms with Crippen LogP contribution in [0, 0.1) is 0 Å². The molecule has 0 spiro atoms. The Labute approximate surface area is 69.0 Å². The van der Waals surface area contributed by atoms with Gasteiger partial charge in [0.25, 0.3) is 0 Å². The van der Waals surface area contributed by atoms with E-state index in [-0.39, 0.29) is 11.7 Å². The van der Waals surface area contributed by atoms with Gasteiger partial charge < -0.3 is 9.84 Å². The molecule has 0 amide bonds. The average molecular weight is 168 g/mol. The normalized spacial score (nSPS) is 9.42. The summed E-state index contributed by atoms with van der Waals surface area (Å²) in [4.78, 5) is 17.5. The van der Waals surface area contributed by atoms with Crippen LogP contribution in [0.2, 0.25) is 0 Å². The van der Waals surface area contributed by atoms with Crippen molar-refractivity contribution in [3.8, 4) is 5.88 Å². The predicted molar refractivity (Wildman–Crippen MR) is 40.2 cm³/mol. The monoisotopic (exact) mass is 168 g/mol. The highest BCUT2D eigenvalue weighted by molar-refractivity contribution is 5.83. The molecule has 0 aliphatic heterocycles. The predicted octanol–water partition coefficient (Wildman–Crippen LogP) is 0.573. The summed E-state index contributed by atoms with van der Waals surface area (Å²) in [7, 11) is 0. The fourth-order valence-corrected chi connectivity index (χ4v) is 0.673. The molecular formula is C7H8N2O3. The number of ether oxygens (including phenoxy) is 1. The van der Waals surface area contributed by atoms with Crippen LogP contribution in [0.3, 0.4) is 0 Å². The first-order chi connectivity index (χ1) is 5.74. The van der Waals surface area contributed by atoms with Gasteiger partial charge in [-0.1, -0.05) is 0 Å². The number of carbonyl (C=O) groups is 1. The van der Waals surface area contributed by atoms with Gasteiger partial charge in [-0.05, 0) is 6.92 Å². The van der Waals surface area contributed by atoms with Crippen molar-refractivity contribution in [3.05, 3.63) is 18.1 Å². The first-order valence-corrected chi connectivity index (χ1v) is 3.43. The zero-order valence-corrected chi connectivity index (χ0v) is 6.52. The summed E-state index contributed by atoms with van der Waals surface area (Å²) >= 11 is 0. The van der Waals surface area contributed by atoms with Gasteiger partial charge >= 0.3 is 5.97 Å². The summed E-state index contributed by atoms with van der Waals surface area (Å²) < 4.78 is 4.98. The van der Waals surface area contributed by atoms with Crippen LogP contribution < -0.4 is 4.74 Å². The quantitative estimate of drug-likeness (QED) is 0.714. The van der Waals surface area contributed by atoms with Crippen LogP contribution in [0.5, 0.6) is 5.88 Å². The zero-order valence-electron chi connectivity index (χ0n) is 6.52. The number of aromatic carboxylic acids is 1. The van der Waals surface area contributed by atoms with E-state index in [0.717, 1.165) is 0 Å². The van der Waals surface area contributed by atoms with Crippen molar-refractivity contribution >= 4 is 5.97 Å². The molecule has 0 fully saturated rings. The maximum absolute atomic E-state index is 10.4. The zero-order chi connectivity index (χ0) is 8.97. The van der Waals surface area contributed by atoms with Crippen LogP contribution in [0.1, 0.15) is 17.5 Å². The van der Waals surface area contributed by atoms with Crippen LogP contribution in [-0.2, 0) is 0 Å². The maximum Gasteiger partial charge on any atom is 0.374 e. The highest BCUT2D eigenvalue weighted by Gasteiger charge is 2.06. The first kappa shape index (κ1) is 8.45. The summed E-state index contributed by atoms with van der Waals surface area (Å²) in [5, 5.41) is 8.50. The Bertz CT molecular complexity index is 288. The van der Waals surface area contributed by atoms with Crippen molar-refractivity contribution < 1.29 is 14.6 Å². The third-order valence-corrected chi connectivity index (χ3v) is 1.11. The Morgan fingerprint density at radius 3 is 3.08 bits per heavy atom. The van der Waals surface area contributed by atoms with E-state index in [0.29, 0.717) is 6.61 Å². The Hall–Kier alpha value is -1.65. The van der Waals surface area contributed by atoms with Crippen molar-refractivity contribution in [1.82, 2.24) is 9.97 Å². The van der Waals surface area contributed by atoms with Crippen molar-refractivity contribution in [3.63, 3.8) is 0 Å². The third-order valence-electron chi connectivity index (χ3n) is 1.11. The number of hydrogen-bond acceptors (Lipinski definition) is 4. The Morgan fingerprint density at radius 2 is 2.50 bits per heavy atom. The van der Waals surface area contributed by atoms with E-state index in [1.165, 1.54) is 12.3 Å². The SMILES string of the molecule is CCOc1ccnc(C(=O)O)n1. The topological polar surface area (TPSA) is 72.3 Å². The summed E-state index contributed by atoms with van der Waals surface area (Å²) in [5.74, 6) is -1.12. The standard InChI is InChI=1S/C7H8N2O3/c1-2-12-5-3-4-8-6(9-5)7(10)11/h3-4H,2H2,1H3,(H,10,11). The van der Waals surface area contributed by atoms with Gasteiger partial charge in [-0.2, -0.15) is 4.98 Å². The van der Waals surface area contributed by atoms with Gasteiger partial charge in [-0.25, -0.2) is 9.78 Å². The van der Waals surface area contributed by atoms with Gasteiger partial charge in [0.1, 0.15) is 0 Å². The number of hydrogen-bond donors (Lipinski definition) is 1. The van der Waals surface area contributed by atoms with E-state index < -0.39 is 5.97 Å². The Kier molecular flexibility index (Phi) is 2.57. The fraction of sp³-hybridized carbons (Fsp3) is 0.286. The lowest BCUT2D eigenvalue weighted by Crippen LogP contribution is -2.05. The first-order valence-electron chi connectivity index (χ1n) is 3.43. The van der Waals surface area contributed by atoms with Gasteiger partial charge in [-0.3, -0.25) is 0 Å². The molecule has 12 heavy (non-hydrogen) atoms. The molecule has 0 aliphatic carbocycles. The average Bonchev–Trinajstić information content (AvgIpc) is 2.05. The van der Waals surface area contributed by atoms with Crippen LogP contribution in [0.15, 0.2) is 12.3 Å². The van der Waals surface area contributed by atoms with Crippen molar-refractivity contribution in [2.75, 3.05) is 6.61 Å². The molecule has 0 radical (unpaired) electrons. The van der Waals surface area contributed by atoms with E-state index in [2.05, 4.69) is 9.97 Å². The van der Waals surface area contributed by atoms with Crippen LogP contribution >= 0.6 is 0 Å². The van der Waals surface area contributed by atoms with E-state index in [1.807, 2.05) is 0 Å². The van der Waals surface area contributed by atoms with Gasteiger partial charge in [0.15, 0.2) is 0 Å². The minimum Gasteiger partial charge on any atom is -0.478 e. The van der Waals surface area contributed by atoms with Gasteiger partial charge in [-0.15, -0.1) is 0 Å². The number of carboxylic acids is 1. The molecule has 5 nitrogen and oxygen atoms in total. The molecule has 1 rings (SSSR count). The minimum atomic E-state index is -1.16. The molecule has 0 aromatic carbocycles. The second kappa shape index (κ2) is 3.66. The number of carboxylic acid groups (broad SMARTS) is 1. The molecule has 1 N–H and O–H groups in total. The fourth-order valence-electron chi connectivity index (χ4n) is 0.673. The molecule has 5 heteroatoms. The molecule has 0 aliphatic rings. The molecular weight excluding hydrogens is 160 g/mol. The lowest BCUT2D eigenvalue weighted by Gasteiger charge is -2.00. The number of rotatable bonds is 3. The molecule has 1 aromatic heterocycles. The lowest BCUT2D eigenvalue weighted by atomic mass is 10.5. The second-order valence-electron chi connectivity index (χ2n) is 1.96. The van der Waals surface area contributed by atoms with Crippen LogP contribution in [0.4, 0.5) is 0 Å². The van der Waals surface area contributed by atoms with Crippen LogP contribution in [0.25, 0.3) is 0 Å². The summed E-state index contributed by atoms with van der Waals surface area (Å²) in [5.41, 5.74) is 0. The van der Waals surface area contributed by atoms with E-state index in [4.69, 9.17) is 9.84 Å². The van der Waals surface area contributed by atoms with E-state index in [1.54, 1.807) is 6.92 Å². The Morgan fingerprint density at radius 1 is 1.75 bits per heavy atom. The number of aromatic nitrogens is 2. The highest BCUT2D eigenvalue weighted by atomic mass is 16.5. The van der Waals surface area contributed by atoms with Crippen molar-refractivity contribution in [2.24, 2.45) is 0 Å². The molecule has 0 atom stereocenters. The van der Waals surface area contributed by atoms with E-state index >= 15 is 0 Å². The third kappa shape index (κ3) is 1.91. The molecule has 0 saturated heterocycles. The smallest absolute Gasteiger partial charge is 0.374 e. The largest absolute Gasteiger partial charge is 0.478 e. The van der Waals surface area contributed by atoms with Crippen molar-refractivity contribution in [1.29, 1.82) is 0 Å². The summed E-state index contributed by atoms with van der Waals surface area (Å²) in [6, 6.07) is 1.51. The van der Waals surface area contributed by atoms with Gasteiger partial charge in [0.2, 0.25) is 11.7 Å². The molecule has 1 heterocycles. The minimum absolute atomic E-state index is 0.249. The molecule has 64 valence electrons. The summed E-state index contributed by atoms with van der Waals surface area (Å²) in [6.07, 6.45) is 1.35. The maximum atomic E-state index is 10.4. The lowest BCUT2D eigenvalue weighted by molar-refractivity contribution is 0.0682. The van der Waals surface area contributed by atoms with Gasteiger partial charge in [0.05, 0.1) is 6.61 Å². The second-order valence-corrected chi connectivity index (χ2v) is 1.96. The van der Waals surface area contributed by atoms with Crippen LogP contribution in [-0.4, -0.2) is 27.7 Å². The number of nitrogens with zero attached hydrogens (tertiary/aromatic N) is 2. The van der Waals surface area contributed by atoms with Gasteiger partial charge in [0, 0.05) is 12.3 Å². The highest BCUT2D eigenvalue weighted by Crippen LogP contribution is 2.04. The Balaban J connectivity index is 2.88.